The van der Waals surface area contributed by atoms with Gasteiger partial charge in [-0.15, -0.1) is 0 Å². The summed E-state index contributed by atoms with van der Waals surface area (Å²) in [5, 5.41) is 34.5. The molecule has 0 saturated heterocycles. The van der Waals surface area contributed by atoms with Crippen LogP contribution in [0.2, 0.25) is 0 Å². The van der Waals surface area contributed by atoms with E-state index in [0.717, 1.165) is 0 Å². The first-order chi connectivity index (χ1) is 16.3. The van der Waals surface area contributed by atoms with Gasteiger partial charge in [-0.25, -0.2) is 4.79 Å². The Morgan fingerprint density at radius 2 is 1.49 bits per heavy atom. The van der Waals surface area contributed by atoms with Crippen molar-refractivity contribution in [2.75, 3.05) is 6.61 Å². The van der Waals surface area contributed by atoms with Gasteiger partial charge in [-0.05, 0) is 36.5 Å². The zero-order valence-electron chi connectivity index (χ0n) is 19.6. The van der Waals surface area contributed by atoms with E-state index in [1.54, 1.807) is 26.0 Å². The van der Waals surface area contributed by atoms with Gasteiger partial charge in [-0.1, -0.05) is 26.0 Å². The van der Waals surface area contributed by atoms with Gasteiger partial charge in [-0.2, -0.15) is 0 Å². The molecule has 1 aromatic rings. The molecule has 13 nitrogen and oxygen atoms in total. The lowest BCUT2D eigenvalue weighted by molar-refractivity contribution is -0.143. The topological polar surface area (TPSA) is 234 Å². The molecule has 1 aromatic carbocycles. The standard InChI is InChI=1S/C22H33N5O8/c1-11(2)18(27-19(31)14(23)9-12-3-5-13(29)6-4-12)21(33)25-15(7-8-17(24)30)20(32)26-16(10-28)22(34)35/h3-6,11,14-16,18,28-29H,7-10,23H2,1-2H3,(H2,24,30)(H,25,33)(H,26,32)(H,27,31)(H,34,35). The van der Waals surface area contributed by atoms with Gasteiger partial charge in [-0.3, -0.25) is 19.2 Å². The van der Waals surface area contributed by atoms with Crippen LogP contribution in [0.5, 0.6) is 5.75 Å². The Morgan fingerprint density at radius 3 is 1.97 bits per heavy atom. The molecule has 0 heterocycles. The zero-order chi connectivity index (χ0) is 26.7. The second-order valence-electron chi connectivity index (χ2n) is 8.36. The lowest BCUT2D eigenvalue weighted by atomic mass is 10.0. The van der Waals surface area contributed by atoms with Crippen LogP contribution in [0.4, 0.5) is 0 Å². The molecule has 0 aliphatic heterocycles. The average molecular weight is 496 g/mol. The second-order valence-corrected chi connectivity index (χ2v) is 8.36. The molecule has 13 heteroatoms. The number of phenolic OH excluding ortho intramolecular Hbond substituents is 1. The van der Waals surface area contributed by atoms with Crippen molar-refractivity contribution in [3.8, 4) is 5.75 Å². The monoisotopic (exact) mass is 495 g/mol. The van der Waals surface area contributed by atoms with Crippen molar-refractivity contribution in [2.24, 2.45) is 17.4 Å². The fourth-order valence-electron chi connectivity index (χ4n) is 3.05. The van der Waals surface area contributed by atoms with Crippen molar-refractivity contribution in [1.82, 2.24) is 16.0 Å². The van der Waals surface area contributed by atoms with Gasteiger partial charge in [0.2, 0.25) is 23.6 Å². The minimum Gasteiger partial charge on any atom is -0.508 e. The molecule has 0 aliphatic rings. The van der Waals surface area contributed by atoms with E-state index < -0.39 is 66.3 Å². The number of amides is 4. The zero-order valence-corrected chi connectivity index (χ0v) is 19.6. The number of benzene rings is 1. The first-order valence-corrected chi connectivity index (χ1v) is 10.9. The predicted octanol–water partition coefficient (Wildman–Crippen LogP) is -2.29. The molecule has 0 spiro atoms. The number of hydrogen-bond acceptors (Lipinski definition) is 8. The summed E-state index contributed by atoms with van der Waals surface area (Å²) in [6.07, 6.45) is -0.380. The summed E-state index contributed by atoms with van der Waals surface area (Å²) in [5.74, 6) is -4.93. The molecule has 1 rings (SSSR count). The summed E-state index contributed by atoms with van der Waals surface area (Å²) in [4.78, 5) is 60.4. The highest BCUT2D eigenvalue weighted by Gasteiger charge is 2.31. The van der Waals surface area contributed by atoms with Crippen LogP contribution in [0.1, 0.15) is 32.3 Å². The number of aromatic hydroxyl groups is 1. The van der Waals surface area contributed by atoms with Crippen molar-refractivity contribution in [1.29, 1.82) is 0 Å². The van der Waals surface area contributed by atoms with Crippen LogP contribution < -0.4 is 27.4 Å². The Balaban J connectivity index is 2.92. The predicted molar refractivity (Wildman–Crippen MR) is 124 cm³/mol. The largest absolute Gasteiger partial charge is 0.508 e. The Morgan fingerprint density at radius 1 is 0.914 bits per heavy atom. The number of carbonyl (C=O) groups is 5. The molecule has 0 saturated carbocycles. The van der Waals surface area contributed by atoms with Gasteiger partial charge in [0.05, 0.1) is 12.6 Å². The first kappa shape index (κ1) is 29.3. The van der Waals surface area contributed by atoms with Crippen molar-refractivity contribution >= 4 is 29.6 Å². The van der Waals surface area contributed by atoms with Crippen LogP contribution in [-0.2, 0) is 30.4 Å². The van der Waals surface area contributed by atoms with Crippen LogP contribution in [0, 0.1) is 5.92 Å². The Bertz CT molecular complexity index is 906. The highest BCUT2D eigenvalue weighted by atomic mass is 16.4. The lowest BCUT2D eigenvalue weighted by Gasteiger charge is -2.26. The molecule has 35 heavy (non-hydrogen) atoms. The molecule has 10 N–H and O–H groups in total. The van der Waals surface area contributed by atoms with Gasteiger partial charge in [0.25, 0.3) is 0 Å². The normalized spacial score (nSPS) is 14.3. The van der Waals surface area contributed by atoms with Gasteiger partial charge in [0, 0.05) is 6.42 Å². The molecule has 4 unspecified atom stereocenters. The molecular formula is C22H33N5O8. The second kappa shape index (κ2) is 13.9. The Hall–Kier alpha value is -3.71. The van der Waals surface area contributed by atoms with E-state index in [4.69, 9.17) is 21.7 Å². The third-order valence-electron chi connectivity index (χ3n) is 5.09. The number of primary amides is 1. The number of aliphatic carboxylic acids is 1. The molecule has 0 radical (unpaired) electrons. The van der Waals surface area contributed by atoms with E-state index in [1.807, 2.05) is 0 Å². The van der Waals surface area contributed by atoms with E-state index in [-0.39, 0.29) is 25.0 Å². The fraction of sp³-hybridized carbons (Fsp3) is 0.500. The number of carboxylic acid groups (broad SMARTS) is 1. The number of aliphatic hydroxyl groups excluding tert-OH is 1. The maximum absolute atomic E-state index is 12.9. The number of phenols is 1. The molecule has 0 bridgehead atoms. The van der Waals surface area contributed by atoms with Gasteiger partial charge < -0.3 is 42.7 Å². The summed E-state index contributed by atoms with van der Waals surface area (Å²) in [6.45, 7) is 2.42. The minimum atomic E-state index is -1.62. The van der Waals surface area contributed by atoms with E-state index in [2.05, 4.69) is 16.0 Å². The summed E-state index contributed by atoms with van der Waals surface area (Å²) < 4.78 is 0. The van der Waals surface area contributed by atoms with E-state index in [0.29, 0.717) is 5.56 Å². The molecular weight excluding hydrogens is 462 g/mol. The maximum atomic E-state index is 12.9. The van der Waals surface area contributed by atoms with Gasteiger partial charge >= 0.3 is 5.97 Å². The van der Waals surface area contributed by atoms with E-state index in [1.165, 1.54) is 12.1 Å². The lowest BCUT2D eigenvalue weighted by Crippen LogP contribution is -2.58. The number of carbonyl (C=O) groups excluding carboxylic acids is 4. The first-order valence-electron chi connectivity index (χ1n) is 10.9. The molecule has 4 atom stereocenters. The van der Waals surface area contributed by atoms with Crippen LogP contribution >= 0.6 is 0 Å². The Labute approximate surface area is 202 Å². The highest BCUT2D eigenvalue weighted by molar-refractivity contribution is 5.94. The van der Waals surface area contributed by atoms with Gasteiger partial charge in [0.1, 0.15) is 23.9 Å². The quantitative estimate of drug-likeness (QED) is 0.138. The summed E-state index contributed by atoms with van der Waals surface area (Å²) in [5.41, 5.74) is 11.8. The van der Waals surface area contributed by atoms with Gasteiger partial charge in [0.15, 0.2) is 0 Å². The summed E-state index contributed by atoms with van der Waals surface area (Å²) in [7, 11) is 0. The minimum absolute atomic E-state index is 0.0620. The van der Waals surface area contributed by atoms with Crippen LogP contribution in [-0.4, -0.2) is 75.7 Å². The average Bonchev–Trinajstić information content (AvgIpc) is 2.78. The van der Waals surface area contributed by atoms with E-state index >= 15 is 0 Å². The Kier molecular flexibility index (Phi) is 11.6. The highest BCUT2D eigenvalue weighted by Crippen LogP contribution is 2.11. The summed E-state index contributed by atoms with van der Waals surface area (Å²) in [6, 6.07) is 1.03. The van der Waals surface area contributed by atoms with Crippen molar-refractivity contribution in [3.63, 3.8) is 0 Å². The molecule has 0 fully saturated rings. The summed E-state index contributed by atoms with van der Waals surface area (Å²) >= 11 is 0. The number of hydrogen-bond donors (Lipinski definition) is 8. The molecule has 0 aliphatic carbocycles. The maximum Gasteiger partial charge on any atom is 0.328 e. The number of carboxylic acids is 1. The molecule has 4 amide bonds. The van der Waals surface area contributed by atoms with Crippen molar-refractivity contribution in [3.05, 3.63) is 29.8 Å². The SMILES string of the molecule is CC(C)C(NC(=O)C(N)Cc1ccc(O)cc1)C(=O)NC(CCC(N)=O)C(=O)NC(CO)C(=O)O. The van der Waals surface area contributed by atoms with Crippen LogP contribution in [0.3, 0.4) is 0 Å². The number of nitrogens with two attached hydrogens (primary N) is 2. The third kappa shape index (κ3) is 9.98. The smallest absolute Gasteiger partial charge is 0.328 e. The third-order valence-corrected chi connectivity index (χ3v) is 5.09. The van der Waals surface area contributed by atoms with Crippen LogP contribution in [0.15, 0.2) is 24.3 Å². The number of rotatable bonds is 14. The van der Waals surface area contributed by atoms with Crippen LogP contribution in [0.25, 0.3) is 0 Å². The number of nitrogens with one attached hydrogen (secondary N) is 3. The van der Waals surface area contributed by atoms with E-state index in [9.17, 15) is 29.1 Å². The molecule has 0 aromatic heterocycles. The fourth-order valence-corrected chi connectivity index (χ4v) is 3.05. The molecule has 194 valence electrons. The van der Waals surface area contributed by atoms with Crippen molar-refractivity contribution < 1.29 is 39.3 Å². The number of aliphatic hydroxyl groups is 1. The van der Waals surface area contributed by atoms with Crippen molar-refractivity contribution in [2.45, 2.75) is 57.3 Å².